The molecule has 1 aliphatic heterocycles. The molecule has 0 spiro atoms. The molecule has 2 amide bonds. The highest BCUT2D eigenvalue weighted by molar-refractivity contribution is 6.02. The van der Waals surface area contributed by atoms with Crippen LogP contribution in [0.5, 0.6) is 0 Å². The van der Waals surface area contributed by atoms with Gasteiger partial charge in [-0.1, -0.05) is 0 Å². The van der Waals surface area contributed by atoms with Crippen LogP contribution in [0.3, 0.4) is 0 Å². The Hall–Kier alpha value is -2.71. The molecular formula is C9H7N3O6. The van der Waals surface area contributed by atoms with Gasteiger partial charge in [0.2, 0.25) is 5.69 Å². The van der Waals surface area contributed by atoms with Gasteiger partial charge in [0.15, 0.2) is 0 Å². The second kappa shape index (κ2) is 4.28. The lowest BCUT2D eigenvalue weighted by atomic mass is 10.4. The van der Waals surface area contributed by atoms with Crippen LogP contribution in [0.2, 0.25) is 0 Å². The maximum atomic E-state index is 11.5. The number of carbonyl (C=O) groups excluding carboxylic acids is 3. The zero-order chi connectivity index (χ0) is 13.3. The Labute approximate surface area is 99.4 Å². The van der Waals surface area contributed by atoms with Crippen LogP contribution in [0.1, 0.15) is 23.3 Å². The molecule has 18 heavy (non-hydrogen) atoms. The molecule has 1 aromatic heterocycles. The van der Waals surface area contributed by atoms with Crippen molar-refractivity contribution in [3.05, 3.63) is 27.9 Å². The van der Waals surface area contributed by atoms with Crippen molar-refractivity contribution in [2.75, 3.05) is 0 Å². The summed E-state index contributed by atoms with van der Waals surface area (Å²) in [7, 11) is 0. The lowest BCUT2D eigenvalue weighted by Crippen LogP contribution is -2.32. The Morgan fingerprint density at radius 1 is 1.33 bits per heavy atom. The van der Waals surface area contributed by atoms with Gasteiger partial charge in [0.1, 0.15) is 0 Å². The fraction of sp³-hybridized carbons (Fsp3) is 0.222. The van der Waals surface area contributed by atoms with E-state index in [1.165, 1.54) is 0 Å². The Bertz CT molecular complexity index is 532. The number of hydrogen-bond donors (Lipinski definition) is 1. The highest BCUT2D eigenvalue weighted by Gasteiger charge is 2.34. The molecule has 1 aromatic rings. The van der Waals surface area contributed by atoms with Crippen molar-refractivity contribution < 1.29 is 24.1 Å². The molecule has 2 rings (SSSR count). The first kappa shape index (κ1) is 11.8. The second-order valence-corrected chi connectivity index (χ2v) is 3.47. The Balaban J connectivity index is 2.09. The maximum Gasteiger partial charge on any atom is 0.403 e. The molecule has 0 unspecified atom stereocenters. The van der Waals surface area contributed by atoms with Gasteiger partial charge in [-0.05, 0) is 4.92 Å². The van der Waals surface area contributed by atoms with Crippen molar-refractivity contribution in [2.45, 2.75) is 12.8 Å². The fourth-order valence-electron chi connectivity index (χ4n) is 1.40. The summed E-state index contributed by atoms with van der Waals surface area (Å²) in [6, 6.07) is 2.20. The molecule has 9 heteroatoms. The summed E-state index contributed by atoms with van der Waals surface area (Å²) in [4.78, 5) is 50.3. The van der Waals surface area contributed by atoms with Gasteiger partial charge in [-0.2, -0.15) is 0 Å². The second-order valence-electron chi connectivity index (χ2n) is 3.47. The highest BCUT2D eigenvalue weighted by atomic mass is 16.7. The quantitative estimate of drug-likeness (QED) is 0.464. The monoisotopic (exact) mass is 253 g/mol. The van der Waals surface area contributed by atoms with Gasteiger partial charge in [0.05, 0.1) is 0 Å². The van der Waals surface area contributed by atoms with Crippen LogP contribution in [0.25, 0.3) is 0 Å². The predicted molar refractivity (Wildman–Crippen MR) is 53.9 cm³/mol. The van der Waals surface area contributed by atoms with E-state index in [4.69, 9.17) is 0 Å². The average Bonchev–Trinajstić information content (AvgIpc) is 2.91. The molecule has 1 N–H and O–H groups in total. The number of nitrogens with zero attached hydrogens (tertiary/aromatic N) is 2. The number of hydroxylamine groups is 2. The highest BCUT2D eigenvalue weighted by Crippen LogP contribution is 2.15. The van der Waals surface area contributed by atoms with Gasteiger partial charge in [0.25, 0.3) is 11.8 Å². The molecule has 1 aliphatic rings. The molecule has 1 saturated heterocycles. The van der Waals surface area contributed by atoms with E-state index in [1.54, 1.807) is 0 Å². The molecule has 9 nitrogen and oxygen atoms in total. The number of aromatic amines is 1. The van der Waals surface area contributed by atoms with E-state index in [-0.39, 0.29) is 24.4 Å². The summed E-state index contributed by atoms with van der Waals surface area (Å²) >= 11 is 0. The third-order valence-corrected chi connectivity index (χ3v) is 2.27. The number of rotatable bonds is 3. The topological polar surface area (TPSA) is 123 Å². The van der Waals surface area contributed by atoms with E-state index in [1.807, 2.05) is 0 Å². The van der Waals surface area contributed by atoms with E-state index in [2.05, 4.69) is 9.82 Å². The van der Waals surface area contributed by atoms with Crippen LogP contribution in [0.4, 0.5) is 5.82 Å². The Morgan fingerprint density at radius 3 is 2.44 bits per heavy atom. The van der Waals surface area contributed by atoms with E-state index in [9.17, 15) is 24.5 Å². The van der Waals surface area contributed by atoms with E-state index < -0.39 is 22.7 Å². The van der Waals surface area contributed by atoms with E-state index >= 15 is 0 Å². The largest absolute Gasteiger partial charge is 0.403 e. The lowest BCUT2D eigenvalue weighted by molar-refractivity contribution is -0.389. The summed E-state index contributed by atoms with van der Waals surface area (Å²) in [5.74, 6) is -2.66. The van der Waals surface area contributed by atoms with Crippen molar-refractivity contribution in [1.82, 2.24) is 10.0 Å². The first-order valence-corrected chi connectivity index (χ1v) is 4.90. The number of nitrogens with one attached hydrogen (secondary N) is 1. The maximum absolute atomic E-state index is 11.5. The molecule has 0 saturated carbocycles. The summed E-state index contributed by atoms with van der Waals surface area (Å²) in [6.45, 7) is 0. The van der Waals surface area contributed by atoms with Crippen molar-refractivity contribution in [3.8, 4) is 0 Å². The SMILES string of the molecule is O=C(ON1C(=O)CCC1=O)c1ccc([N+](=O)[O-])[nH]1. The van der Waals surface area contributed by atoms with Crippen molar-refractivity contribution in [3.63, 3.8) is 0 Å². The van der Waals surface area contributed by atoms with Crippen molar-refractivity contribution >= 4 is 23.6 Å². The third-order valence-electron chi connectivity index (χ3n) is 2.27. The average molecular weight is 253 g/mol. The van der Waals surface area contributed by atoms with E-state index in [0.29, 0.717) is 5.06 Å². The van der Waals surface area contributed by atoms with Crippen LogP contribution in [-0.4, -0.2) is 32.8 Å². The number of H-pyrrole nitrogens is 1. The van der Waals surface area contributed by atoms with Gasteiger partial charge in [-0.25, -0.2) is 9.78 Å². The summed E-state index contributed by atoms with van der Waals surface area (Å²) in [6.07, 6.45) is -0.0338. The van der Waals surface area contributed by atoms with Crippen molar-refractivity contribution in [2.24, 2.45) is 0 Å². The molecule has 0 aliphatic carbocycles. The van der Waals surface area contributed by atoms with Crippen LogP contribution in [0, 0.1) is 10.1 Å². The van der Waals surface area contributed by atoms with Gasteiger partial charge >= 0.3 is 11.8 Å². The third kappa shape index (κ3) is 2.05. The number of aromatic nitrogens is 1. The van der Waals surface area contributed by atoms with E-state index in [0.717, 1.165) is 12.1 Å². The van der Waals surface area contributed by atoms with Crippen LogP contribution in [-0.2, 0) is 14.4 Å². The van der Waals surface area contributed by atoms with Gasteiger partial charge < -0.3 is 15.0 Å². The number of carbonyl (C=O) groups is 3. The molecule has 0 atom stereocenters. The van der Waals surface area contributed by atoms with Gasteiger partial charge in [-0.3, -0.25) is 9.59 Å². The Kier molecular flexibility index (Phi) is 2.80. The first-order valence-electron chi connectivity index (χ1n) is 4.90. The summed E-state index contributed by atoms with van der Waals surface area (Å²) in [5.41, 5.74) is -0.214. The number of imide groups is 1. The molecule has 1 fully saturated rings. The Morgan fingerprint density at radius 2 is 1.94 bits per heavy atom. The predicted octanol–water partition coefficient (Wildman–Crippen LogP) is 0.144. The molecular weight excluding hydrogens is 246 g/mol. The summed E-state index contributed by atoms with van der Waals surface area (Å²) in [5, 5.41) is 10.8. The molecule has 0 aromatic carbocycles. The molecule has 2 heterocycles. The minimum atomic E-state index is -1.04. The fourth-order valence-corrected chi connectivity index (χ4v) is 1.40. The molecule has 94 valence electrons. The van der Waals surface area contributed by atoms with Crippen LogP contribution < -0.4 is 0 Å². The molecule has 0 radical (unpaired) electrons. The normalized spacial score (nSPS) is 15.0. The smallest absolute Gasteiger partial charge is 0.358 e. The first-order chi connectivity index (χ1) is 8.49. The number of amides is 2. The molecule has 0 bridgehead atoms. The van der Waals surface area contributed by atoms with Crippen LogP contribution in [0.15, 0.2) is 12.1 Å². The van der Waals surface area contributed by atoms with Crippen molar-refractivity contribution in [1.29, 1.82) is 0 Å². The lowest BCUT2D eigenvalue weighted by Gasteiger charge is -2.10. The van der Waals surface area contributed by atoms with Gasteiger partial charge in [-0.15, -0.1) is 5.06 Å². The van der Waals surface area contributed by atoms with Crippen LogP contribution >= 0.6 is 0 Å². The van der Waals surface area contributed by atoms with Gasteiger partial charge in [0, 0.05) is 25.0 Å². The zero-order valence-corrected chi connectivity index (χ0v) is 8.91. The summed E-state index contributed by atoms with van der Waals surface area (Å²) < 4.78 is 0. The minimum absolute atomic E-state index is 0.0169. The standard InChI is InChI=1S/C9H7N3O6/c13-7-3-4-8(14)11(7)18-9(15)5-1-2-6(10-5)12(16)17/h1-2,10H,3-4H2. The minimum Gasteiger partial charge on any atom is -0.358 e. The zero-order valence-electron chi connectivity index (χ0n) is 8.91. The number of nitro groups is 1. The number of hydrogen-bond acceptors (Lipinski definition) is 6.